The monoisotopic (exact) mass is 331 g/mol. The summed E-state index contributed by atoms with van der Waals surface area (Å²) in [6.45, 7) is 1.91. The SMILES string of the molecule is CN/N=c1/cnc2c(ccn2S(=O)(=O)c2ccc(C)cc2)n1C. The molecular weight excluding hydrogens is 314 g/mol. The van der Waals surface area contributed by atoms with Gasteiger partial charge in [-0.2, -0.15) is 5.10 Å². The van der Waals surface area contributed by atoms with Gasteiger partial charge < -0.3 is 9.99 Å². The zero-order valence-electron chi connectivity index (χ0n) is 13.1. The maximum atomic E-state index is 12.8. The molecule has 0 fully saturated rings. The average molecular weight is 331 g/mol. The Labute approximate surface area is 134 Å². The second kappa shape index (κ2) is 5.54. The van der Waals surface area contributed by atoms with E-state index in [1.807, 2.05) is 14.0 Å². The van der Waals surface area contributed by atoms with Gasteiger partial charge in [0.1, 0.15) is 0 Å². The molecular formula is C15H17N5O2S. The second-order valence-corrected chi connectivity index (χ2v) is 6.96. The Morgan fingerprint density at radius 2 is 1.87 bits per heavy atom. The van der Waals surface area contributed by atoms with E-state index in [1.54, 1.807) is 41.9 Å². The molecule has 7 nitrogen and oxygen atoms in total. The molecule has 0 spiro atoms. The number of aryl methyl sites for hydroxylation is 2. The highest BCUT2D eigenvalue weighted by Crippen LogP contribution is 2.19. The second-order valence-electron chi connectivity index (χ2n) is 5.15. The topological polar surface area (TPSA) is 81.3 Å². The summed E-state index contributed by atoms with van der Waals surface area (Å²) >= 11 is 0. The van der Waals surface area contributed by atoms with Crippen LogP contribution in [-0.2, 0) is 17.1 Å². The molecule has 0 aliphatic rings. The minimum atomic E-state index is -3.69. The van der Waals surface area contributed by atoms with Crippen molar-refractivity contribution < 1.29 is 8.42 Å². The number of aromatic nitrogens is 3. The first-order chi connectivity index (χ1) is 10.9. The van der Waals surface area contributed by atoms with E-state index in [4.69, 9.17) is 0 Å². The van der Waals surface area contributed by atoms with Crippen LogP contribution >= 0.6 is 0 Å². The summed E-state index contributed by atoms with van der Waals surface area (Å²) in [6, 6.07) is 8.46. The molecule has 1 aromatic carbocycles. The zero-order valence-corrected chi connectivity index (χ0v) is 13.9. The molecule has 2 heterocycles. The third kappa shape index (κ3) is 2.50. The molecule has 1 N–H and O–H groups in total. The minimum absolute atomic E-state index is 0.231. The predicted molar refractivity (Wildman–Crippen MR) is 87.1 cm³/mol. The number of nitrogens with zero attached hydrogens (tertiary/aromatic N) is 4. The van der Waals surface area contributed by atoms with Crippen LogP contribution in [-0.4, -0.2) is 29.0 Å². The summed E-state index contributed by atoms with van der Waals surface area (Å²) in [5.41, 5.74) is 5.34. The summed E-state index contributed by atoms with van der Waals surface area (Å²) in [5, 5.41) is 4.09. The van der Waals surface area contributed by atoms with Crippen LogP contribution in [0.4, 0.5) is 0 Å². The van der Waals surface area contributed by atoms with Crippen molar-refractivity contribution in [2.75, 3.05) is 7.05 Å². The van der Waals surface area contributed by atoms with Crippen LogP contribution in [0.3, 0.4) is 0 Å². The van der Waals surface area contributed by atoms with E-state index < -0.39 is 10.0 Å². The van der Waals surface area contributed by atoms with E-state index in [9.17, 15) is 8.42 Å². The highest BCUT2D eigenvalue weighted by atomic mass is 32.2. The molecule has 0 amide bonds. The van der Waals surface area contributed by atoms with E-state index in [1.165, 1.54) is 16.4 Å². The molecule has 120 valence electrons. The Balaban J connectivity index is 2.23. The maximum Gasteiger partial charge on any atom is 0.269 e. The number of fused-ring (bicyclic) bond motifs is 1. The van der Waals surface area contributed by atoms with E-state index in [-0.39, 0.29) is 4.90 Å². The van der Waals surface area contributed by atoms with Crippen LogP contribution in [0.5, 0.6) is 0 Å². The number of rotatable bonds is 3. The summed E-state index contributed by atoms with van der Waals surface area (Å²) in [4.78, 5) is 4.49. The van der Waals surface area contributed by atoms with E-state index in [0.717, 1.165) is 5.56 Å². The van der Waals surface area contributed by atoms with Gasteiger partial charge in [-0.05, 0) is 25.1 Å². The van der Waals surface area contributed by atoms with Crippen LogP contribution in [0.1, 0.15) is 5.56 Å². The molecule has 0 saturated carbocycles. The normalized spacial score (nSPS) is 12.7. The first kappa shape index (κ1) is 15.3. The van der Waals surface area contributed by atoms with Gasteiger partial charge >= 0.3 is 0 Å². The number of benzene rings is 1. The summed E-state index contributed by atoms with van der Waals surface area (Å²) in [6.07, 6.45) is 3.04. The van der Waals surface area contributed by atoms with Crippen LogP contribution in [0.25, 0.3) is 11.2 Å². The fourth-order valence-electron chi connectivity index (χ4n) is 2.35. The first-order valence-corrected chi connectivity index (χ1v) is 8.45. The lowest BCUT2D eigenvalue weighted by atomic mass is 10.2. The van der Waals surface area contributed by atoms with Crippen molar-refractivity contribution in [2.45, 2.75) is 11.8 Å². The van der Waals surface area contributed by atoms with E-state index in [0.29, 0.717) is 16.7 Å². The molecule has 0 atom stereocenters. The van der Waals surface area contributed by atoms with Gasteiger partial charge in [0, 0.05) is 20.3 Å². The van der Waals surface area contributed by atoms with Gasteiger partial charge in [-0.15, -0.1) is 0 Å². The fourth-order valence-corrected chi connectivity index (χ4v) is 3.64. The number of hydrogen-bond acceptors (Lipinski definition) is 5. The lowest BCUT2D eigenvalue weighted by Gasteiger charge is -2.08. The average Bonchev–Trinajstić information content (AvgIpc) is 2.96. The van der Waals surface area contributed by atoms with Crippen molar-refractivity contribution in [1.29, 1.82) is 0 Å². The van der Waals surface area contributed by atoms with Crippen molar-refractivity contribution in [3.63, 3.8) is 0 Å². The largest absolute Gasteiger partial charge is 0.324 e. The van der Waals surface area contributed by atoms with Crippen molar-refractivity contribution >= 4 is 21.2 Å². The molecule has 0 saturated heterocycles. The van der Waals surface area contributed by atoms with Crippen LogP contribution in [0.15, 0.2) is 52.7 Å². The highest BCUT2D eigenvalue weighted by Gasteiger charge is 2.20. The van der Waals surface area contributed by atoms with Crippen LogP contribution in [0.2, 0.25) is 0 Å². The molecule has 3 aromatic rings. The number of nitrogens with one attached hydrogen (secondary N) is 1. The van der Waals surface area contributed by atoms with E-state index >= 15 is 0 Å². The van der Waals surface area contributed by atoms with E-state index in [2.05, 4.69) is 15.5 Å². The molecule has 0 aliphatic heterocycles. The quantitative estimate of drug-likeness (QED) is 0.725. The van der Waals surface area contributed by atoms with Gasteiger partial charge in [0.25, 0.3) is 10.0 Å². The molecule has 0 aliphatic carbocycles. The van der Waals surface area contributed by atoms with Crippen molar-refractivity contribution in [1.82, 2.24) is 18.9 Å². The number of hydrogen-bond donors (Lipinski definition) is 1. The molecule has 0 radical (unpaired) electrons. The lowest BCUT2D eigenvalue weighted by molar-refractivity contribution is 0.588. The Morgan fingerprint density at radius 3 is 2.52 bits per heavy atom. The molecule has 3 rings (SSSR count). The molecule has 2 aromatic heterocycles. The predicted octanol–water partition coefficient (Wildman–Crippen LogP) is 0.955. The van der Waals surface area contributed by atoms with Crippen molar-refractivity contribution in [3.8, 4) is 0 Å². The Kier molecular flexibility index (Phi) is 3.69. The fraction of sp³-hybridized carbons (Fsp3) is 0.200. The standard InChI is InChI=1S/C15H17N5O2S/c1-11-4-6-12(7-5-11)23(21,22)20-9-8-13-15(20)17-10-14(18-16-2)19(13)3/h4-10,16H,1-3H3/b18-14-. The Morgan fingerprint density at radius 1 is 1.17 bits per heavy atom. The van der Waals surface area contributed by atoms with Gasteiger partial charge in [0.05, 0.1) is 16.6 Å². The lowest BCUT2D eigenvalue weighted by Crippen LogP contribution is -2.22. The van der Waals surface area contributed by atoms with Crippen molar-refractivity contribution in [3.05, 3.63) is 53.8 Å². The molecule has 23 heavy (non-hydrogen) atoms. The van der Waals surface area contributed by atoms with Crippen LogP contribution < -0.4 is 10.9 Å². The van der Waals surface area contributed by atoms with Crippen LogP contribution in [0, 0.1) is 6.92 Å². The first-order valence-electron chi connectivity index (χ1n) is 7.01. The molecule has 0 bridgehead atoms. The molecule has 0 unspecified atom stereocenters. The maximum absolute atomic E-state index is 12.8. The smallest absolute Gasteiger partial charge is 0.269 e. The molecule has 8 heteroatoms. The zero-order chi connectivity index (χ0) is 16.6. The summed E-state index contributed by atoms with van der Waals surface area (Å²) in [7, 11) is -0.186. The van der Waals surface area contributed by atoms with Gasteiger partial charge in [-0.25, -0.2) is 17.4 Å². The Bertz CT molecular complexity index is 1030. The third-order valence-electron chi connectivity index (χ3n) is 3.62. The Hall–Kier alpha value is -2.61. The summed E-state index contributed by atoms with van der Waals surface area (Å²) in [5.74, 6) is 0. The van der Waals surface area contributed by atoms with Gasteiger partial charge in [-0.1, -0.05) is 17.7 Å². The van der Waals surface area contributed by atoms with Crippen molar-refractivity contribution in [2.24, 2.45) is 12.1 Å². The van der Waals surface area contributed by atoms with Gasteiger partial charge in [-0.3, -0.25) is 0 Å². The van der Waals surface area contributed by atoms with Gasteiger partial charge in [0.2, 0.25) is 0 Å². The third-order valence-corrected chi connectivity index (χ3v) is 5.30. The van der Waals surface area contributed by atoms with Gasteiger partial charge in [0.15, 0.2) is 11.1 Å². The summed E-state index contributed by atoms with van der Waals surface area (Å²) < 4.78 is 28.6. The highest BCUT2D eigenvalue weighted by molar-refractivity contribution is 7.90. The minimum Gasteiger partial charge on any atom is -0.324 e.